The van der Waals surface area contributed by atoms with Gasteiger partial charge in [0.15, 0.2) is 6.61 Å². The van der Waals surface area contributed by atoms with Crippen molar-refractivity contribution in [1.82, 2.24) is 4.90 Å². The summed E-state index contributed by atoms with van der Waals surface area (Å²) in [6.07, 6.45) is 2.09. The highest BCUT2D eigenvalue weighted by Crippen LogP contribution is 2.29. The lowest BCUT2D eigenvalue weighted by Crippen LogP contribution is -2.29. The smallest absolute Gasteiger partial charge is 0.339 e. The second kappa shape index (κ2) is 10.7. The quantitative estimate of drug-likeness (QED) is 0.493. The maximum Gasteiger partial charge on any atom is 0.339 e. The molecule has 2 amide bonds. The summed E-state index contributed by atoms with van der Waals surface area (Å²) in [5.74, 6) is -0.633. The van der Waals surface area contributed by atoms with Gasteiger partial charge in [0.2, 0.25) is 5.91 Å². The number of hydrogen-bond acceptors (Lipinski definition) is 5. The fourth-order valence-corrected chi connectivity index (χ4v) is 4.54. The maximum atomic E-state index is 12.6. The molecule has 32 heavy (non-hydrogen) atoms. The van der Waals surface area contributed by atoms with Gasteiger partial charge in [-0.3, -0.25) is 9.59 Å². The minimum Gasteiger partial charge on any atom is -0.452 e. The van der Waals surface area contributed by atoms with E-state index in [0.717, 1.165) is 31.5 Å². The van der Waals surface area contributed by atoms with Crippen molar-refractivity contribution in [2.24, 2.45) is 0 Å². The van der Waals surface area contributed by atoms with E-state index in [2.05, 4.69) is 26.1 Å². The normalized spacial score (nSPS) is 13.7. The van der Waals surface area contributed by atoms with Crippen molar-refractivity contribution in [3.8, 4) is 0 Å². The Labute approximate surface area is 193 Å². The predicted molar refractivity (Wildman–Crippen MR) is 127 cm³/mol. The van der Waals surface area contributed by atoms with E-state index in [4.69, 9.17) is 4.74 Å². The van der Waals surface area contributed by atoms with Crippen molar-refractivity contribution in [3.05, 3.63) is 59.7 Å². The number of nitrogens with one attached hydrogen (secondary N) is 1. The molecule has 1 heterocycles. The van der Waals surface area contributed by atoms with Crippen LogP contribution in [0.4, 0.5) is 5.69 Å². The molecule has 170 valence electrons. The van der Waals surface area contributed by atoms with Crippen LogP contribution in [0.2, 0.25) is 0 Å². The standard InChI is InChI=1S/C25H30N2O4S/c1-25(2,3)19-11-5-6-12-20(19)26-22(28)16-31-24(30)18-10-4-7-13-21(18)32-17-23(29)27-14-8-9-15-27/h4-7,10-13H,8-9,14-17H2,1-3H3,(H,26,28). The molecule has 1 saturated heterocycles. The van der Waals surface area contributed by atoms with Gasteiger partial charge in [-0.15, -0.1) is 11.8 Å². The van der Waals surface area contributed by atoms with Gasteiger partial charge in [-0.1, -0.05) is 51.1 Å². The molecular formula is C25H30N2O4S. The second-order valence-electron chi connectivity index (χ2n) is 8.79. The van der Waals surface area contributed by atoms with Gasteiger partial charge in [0.05, 0.1) is 11.3 Å². The third-order valence-electron chi connectivity index (χ3n) is 5.26. The molecule has 0 radical (unpaired) electrons. The van der Waals surface area contributed by atoms with E-state index in [9.17, 15) is 14.4 Å². The summed E-state index contributed by atoms with van der Waals surface area (Å²) < 4.78 is 5.28. The molecule has 1 aliphatic rings. The van der Waals surface area contributed by atoms with E-state index in [0.29, 0.717) is 16.1 Å². The Kier molecular flexibility index (Phi) is 7.96. The minimum atomic E-state index is -0.582. The Hall–Kier alpha value is -2.80. The highest BCUT2D eigenvalue weighted by Gasteiger charge is 2.21. The number of hydrogen-bond donors (Lipinski definition) is 1. The number of thioether (sulfide) groups is 1. The van der Waals surface area contributed by atoms with E-state index in [1.807, 2.05) is 35.2 Å². The number of amides is 2. The number of ether oxygens (including phenoxy) is 1. The van der Waals surface area contributed by atoms with Gasteiger partial charge in [-0.05, 0) is 42.0 Å². The molecule has 0 aliphatic carbocycles. The average molecular weight is 455 g/mol. The third-order valence-corrected chi connectivity index (χ3v) is 6.32. The van der Waals surface area contributed by atoms with Crippen LogP contribution in [-0.2, 0) is 19.7 Å². The Morgan fingerprint density at radius 3 is 2.38 bits per heavy atom. The summed E-state index contributed by atoms with van der Waals surface area (Å²) in [4.78, 5) is 39.9. The van der Waals surface area contributed by atoms with Crippen LogP contribution in [0.1, 0.15) is 49.5 Å². The number of benzene rings is 2. The van der Waals surface area contributed by atoms with Gasteiger partial charge in [-0.25, -0.2) is 4.79 Å². The summed E-state index contributed by atoms with van der Waals surface area (Å²) in [6, 6.07) is 14.6. The summed E-state index contributed by atoms with van der Waals surface area (Å²) in [5, 5.41) is 2.84. The summed E-state index contributed by atoms with van der Waals surface area (Å²) in [6.45, 7) is 7.43. The molecule has 0 aromatic heterocycles. The predicted octanol–water partition coefficient (Wildman–Crippen LogP) is 4.49. The number of carbonyl (C=O) groups excluding carboxylic acids is 3. The molecule has 0 atom stereocenters. The van der Waals surface area contributed by atoms with Crippen LogP contribution in [-0.4, -0.2) is 48.1 Å². The Morgan fingerprint density at radius 1 is 1.00 bits per heavy atom. The third kappa shape index (κ3) is 6.36. The Balaban J connectivity index is 1.57. The monoisotopic (exact) mass is 454 g/mol. The molecule has 1 N–H and O–H groups in total. The first-order valence-electron chi connectivity index (χ1n) is 10.8. The van der Waals surface area contributed by atoms with Gasteiger partial charge in [0.1, 0.15) is 0 Å². The topological polar surface area (TPSA) is 75.7 Å². The van der Waals surface area contributed by atoms with Crippen LogP contribution in [0, 0.1) is 0 Å². The summed E-state index contributed by atoms with van der Waals surface area (Å²) in [5.41, 5.74) is 1.93. The van der Waals surface area contributed by atoms with Crippen LogP contribution in [0.15, 0.2) is 53.4 Å². The van der Waals surface area contributed by atoms with E-state index < -0.39 is 11.9 Å². The SMILES string of the molecule is CC(C)(C)c1ccccc1NC(=O)COC(=O)c1ccccc1SCC(=O)N1CCCC1. The number of likely N-dealkylation sites (tertiary alicyclic amines) is 1. The number of carbonyl (C=O) groups is 3. The summed E-state index contributed by atoms with van der Waals surface area (Å²) >= 11 is 1.32. The molecule has 2 aromatic carbocycles. The van der Waals surface area contributed by atoms with Gasteiger partial charge < -0.3 is 15.0 Å². The van der Waals surface area contributed by atoms with Crippen molar-refractivity contribution in [2.45, 2.75) is 43.9 Å². The Bertz CT molecular complexity index is 978. The zero-order chi connectivity index (χ0) is 23.1. The first-order chi connectivity index (χ1) is 15.3. The number of nitrogens with zero attached hydrogens (tertiary/aromatic N) is 1. The number of esters is 1. The zero-order valence-corrected chi connectivity index (χ0v) is 19.7. The molecule has 7 heteroatoms. The van der Waals surface area contributed by atoms with Crippen molar-refractivity contribution in [1.29, 1.82) is 0 Å². The number of rotatable bonds is 7. The first-order valence-corrected chi connectivity index (χ1v) is 11.8. The average Bonchev–Trinajstić information content (AvgIpc) is 3.31. The van der Waals surface area contributed by atoms with E-state index in [-0.39, 0.29) is 23.7 Å². The van der Waals surface area contributed by atoms with Crippen molar-refractivity contribution in [3.63, 3.8) is 0 Å². The minimum absolute atomic E-state index is 0.0764. The van der Waals surface area contributed by atoms with Gasteiger partial charge >= 0.3 is 5.97 Å². The van der Waals surface area contributed by atoms with Crippen LogP contribution >= 0.6 is 11.8 Å². The van der Waals surface area contributed by atoms with Crippen molar-refractivity contribution in [2.75, 3.05) is 30.8 Å². The molecule has 1 aliphatic heterocycles. The summed E-state index contributed by atoms with van der Waals surface area (Å²) in [7, 11) is 0. The lowest BCUT2D eigenvalue weighted by Gasteiger charge is -2.23. The van der Waals surface area contributed by atoms with E-state index in [1.54, 1.807) is 18.2 Å². The van der Waals surface area contributed by atoms with Gasteiger partial charge in [0.25, 0.3) is 5.91 Å². The van der Waals surface area contributed by atoms with Crippen molar-refractivity contribution < 1.29 is 19.1 Å². The maximum absolute atomic E-state index is 12.6. The molecule has 3 rings (SSSR count). The fraction of sp³-hybridized carbons (Fsp3) is 0.400. The molecule has 0 unspecified atom stereocenters. The molecule has 2 aromatic rings. The number of anilines is 1. The molecule has 1 fully saturated rings. The Morgan fingerprint density at radius 2 is 1.66 bits per heavy atom. The van der Waals surface area contributed by atoms with Crippen LogP contribution < -0.4 is 5.32 Å². The van der Waals surface area contributed by atoms with Crippen molar-refractivity contribution >= 4 is 35.2 Å². The number of para-hydroxylation sites is 1. The van der Waals surface area contributed by atoms with Crippen LogP contribution in [0.25, 0.3) is 0 Å². The molecule has 0 bridgehead atoms. The molecular weight excluding hydrogens is 424 g/mol. The second-order valence-corrected chi connectivity index (χ2v) is 9.81. The molecule has 0 spiro atoms. The molecule has 0 saturated carbocycles. The van der Waals surface area contributed by atoms with Crippen LogP contribution in [0.5, 0.6) is 0 Å². The van der Waals surface area contributed by atoms with Gasteiger partial charge in [-0.2, -0.15) is 0 Å². The first kappa shape index (κ1) is 23.9. The zero-order valence-electron chi connectivity index (χ0n) is 18.8. The molecule has 6 nitrogen and oxygen atoms in total. The lowest BCUT2D eigenvalue weighted by atomic mass is 9.86. The van der Waals surface area contributed by atoms with E-state index in [1.165, 1.54) is 11.8 Å². The van der Waals surface area contributed by atoms with E-state index >= 15 is 0 Å². The highest BCUT2D eigenvalue weighted by atomic mass is 32.2. The fourth-order valence-electron chi connectivity index (χ4n) is 3.60. The largest absolute Gasteiger partial charge is 0.452 e. The highest BCUT2D eigenvalue weighted by molar-refractivity contribution is 8.00. The van der Waals surface area contributed by atoms with Crippen LogP contribution in [0.3, 0.4) is 0 Å². The van der Waals surface area contributed by atoms with Gasteiger partial charge in [0, 0.05) is 23.7 Å². The lowest BCUT2D eigenvalue weighted by molar-refractivity contribution is -0.127.